The molecule has 0 bridgehead atoms. The van der Waals surface area contributed by atoms with Crippen LogP contribution in [0.2, 0.25) is 0 Å². The van der Waals surface area contributed by atoms with Gasteiger partial charge in [0.2, 0.25) is 6.41 Å². The minimum Gasteiger partial charge on any atom is -0.342 e. The Morgan fingerprint density at radius 1 is 1.14 bits per heavy atom. The fourth-order valence-electron chi connectivity index (χ4n) is 2.58. The van der Waals surface area contributed by atoms with E-state index in [1.54, 1.807) is 27.9 Å². The lowest BCUT2D eigenvalue weighted by Crippen LogP contribution is -2.48. The summed E-state index contributed by atoms with van der Waals surface area (Å²) in [5.41, 5.74) is 2.78. The van der Waals surface area contributed by atoms with Crippen LogP contribution in [0, 0.1) is 6.92 Å². The first-order valence-corrected chi connectivity index (χ1v) is 10.5. The number of carbonyl (C=O) groups excluding carboxylic acids is 2. The van der Waals surface area contributed by atoms with E-state index in [4.69, 9.17) is 0 Å². The second-order valence-corrected chi connectivity index (χ2v) is 7.33. The highest BCUT2D eigenvalue weighted by Gasteiger charge is 2.21. The van der Waals surface area contributed by atoms with E-state index in [9.17, 15) is 9.59 Å². The molecule has 0 spiro atoms. The number of benzene rings is 1. The highest BCUT2D eigenvalue weighted by Crippen LogP contribution is 2.16. The Bertz CT molecular complexity index is 717. The SMILES string of the molecule is CCCSNc1ccc(C(=O)N2CCN(C=O)CC2)cc1.Cc1ccccn1. The molecule has 7 heteroatoms. The van der Waals surface area contributed by atoms with Gasteiger partial charge >= 0.3 is 0 Å². The third-order valence-electron chi connectivity index (χ3n) is 4.19. The quantitative estimate of drug-likeness (QED) is 0.457. The van der Waals surface area contributed by atoms with Crippen LogP contribution in [0.3, 0.4) is 0 Å². The molecule has 0 atom stereocenters. The Balaban J connectivity index is 0.000000336. The van der Waals surface area contributed by atoms with Gasteiger partial charge in [-0.25, -0.2) is 0 Å². The van der Waals surface area contributed by atoms with E-state index in [0.29, 0.717) is 31.7 Å². The molecule has 1 aromatic carbocycles. The number of nitrogens with one attached hydrogen (secondary N) is 1. The molecular weight excluding hydrogens is 372 g/mol. The summed E-state index contributed by atoms with van der Waals surface area (Å²) in [6.45, 7) is 6.54. The largest absolute Gasteiger partial charge is 0.342 e. The van der Waals surface area contributed by atoms with Gasteiger partial charge in [0.25, 0.3) is 5.91 Å². The van der Waals surface area contributed by atoms with Crippen molar-refractivity contribution in [3.05, 3.63) is 59.9 Å². The summed E-state index contributed by atoms with van der Waals surface area (Å²) in [5.74, 6) is 1.09. The first-order valence-electron chi connectivity index (χ1n) is 9.48. The van der Waals surface area contributed by atoms with Gasteiger partial charge in [-0.2, -0.15) is 0 Å². The number of nitrogens with zero attached hydrogens (tertiary/aromatic N) is 3. The van der Waals surface area contributed by atoms with Crippen LogP contribution in [-0.2, 0) is 4.79 Å². The molecule has 0 radical (unpaired) electrons. The third-order valence-corrected chi connectivity index (χ3v) is 5.18. The van der Waals surface area contributed by atoms with E-state index >= 15 is 0 Å². The number of rotatable bonds is 6. The van der Waals surface area contributed by atoms with Crippen molar-refractivity contribution in [2.24, 2.45) is 0 Å². The normalized spacial score (nSPS) is 13.4. The van der Waals surface area contributed by atoms with E-state index in [-0.39, 0.29) is 5.91 Å². The predicted molar refractivity (Wildman–Crippen MR) is 115 cm³/mol. The summed E-state index contributed by atoms with van der Waals surface area (Å²) in [7, 11) is 0. The van der Waals surface area contributed by atoms with Crippen LogP contribution in [0.5, 0.6) is 0 Å². The Morgan fingerprint density at radius 3 is 2.36 bits per heavy atom. The average molecular weight is 401 g/mol. The molecule has 0 aliphatic carbocycles. The third kappa shape index (κ3) is 7.23. The number of hydrogen-bond donors (Lipinski definition) is 1. The van der Waals surface area contributed by atoms with Gasteiger partial charge in [0.15, 0.2) is 0 Å². The zero-order valence-corrected chi connectivity index (χ0v) is 17.3. The number of pyridine rings is 1. The summed E-state index contributed by atoms with van der Waals surface area (Å²) < 4.78 is 3.25. The van der Waals surface area contributed by atoms with Crippen LogP contribution < -0.4 is 4.72 Å². The second-order valence-electron chi connectivity index (χ2n) is 6.43. The van der Waals surface area contributed by atoms with Crippen molar-refractivity contribution in [3.63, 3.8) is 0 Å². The maximum atomic E-state index is 12.4. The van der Waals surface area contributed by atoms with Crippen molar-refractivity contribution in [2.45, 2.75) is 20.3 Å². The molecule has 0 saturated carbocycles. The van der Waals surface area contributed by atoms with Gasteiger partial charge in [-0.15, -0.1) is 0 Å². The molecule has 1 saturated heterocycles. The maximum absolute atomic E-state index is 12.4. The predicted octanol–water partition coefficient (Wildman–Crippen LogP) is 3.46. The fourth-order valence-corrected chi connectivity index (χ4v) is 3.19. The van der Waals surface area contributed by atoms with Crippen LogP contribution >= 0.6 is 11.9 Å². The first kappa shape index (κ1) is 21.8. The van der Waals surface area contributed by atoms with Gasteiger partial charge in [-0.1, -0.05) is 24.9 Å². The molecule has 150 valence electrons. The molecule has 3 rings (SSSR count). The molecule has 1 N–H and O–H groups in total. The molecule has 1 aliphatic heterocycles. The zero-order chi connectivity index (χ0) is 20.2. The number of piperazine rings is 1. The molecule has 28 heavy (non-hydrogen) atoms. The van der Waals surface area contributed by atoms with Crippen molar-refractivity contribution in [1.29, 1.82) is 0 Å². The lowest BCUT2D eigenvalue weighted by Gasteiger charge is -2.32. The molecular formula is C21H28N4O2S. The Kier molecular flexibility index (Phi) is 9.34. The Morgan fingerprint density at radius 2 is 1.86 bits per heavy atom. The van der Waals surface area contributed by atoms with Crippen LogP contribution in [-0.4, -0.2) is 59.0 Å². The number of carbonyl (C=O) groups is 2. The summed E-state index contributed by atoms with van der Waals surface area (Å²) in [6.07, 6.45) is 3.76. The van der Waals surface area contributed by atoms with Crippen molar-refractivity contribution >= 4 is 30.0 Å². The summed E-state index contributed by atoms with van der Waals surface area (Å²) >= 11 is 1.67. The number of amides is 2. The molecule has 0 unspecified atom stereocenters. The van der Waals surface area contributed by atoms with Gasteiger partial charge in [-0.3, -0.25) is 14.6 Å². The van der Waals surface area contributed by atoms with E-state index in [0.717, 1.165) is 30.0 Å². The summed E-state index contributed by atoms with van der Waals surface area (Å²) in [5, 5.41) is 0. The van der Waals surface area contributed by atoms with E-state index in [1.165, 1.54) is 0 Å². The van der Waals surface area contributed by atoms with Gasteiger partial charge < -0.3 is 14.5 Å². The van der Waals surface area contributed by atoms with Crippen LogP contribution in [0.15, 0.2) is 48.7 Å². The van der Waals surface area contributed by atoms with Crippen molar-refractivity contribution in [1.82, 2.24) is 14.8 Å². The van der Waals surface area contributed by atoms with Crippen LogP contribution in [0.25, 0.3) is 0 Å². The minimum absolute atomic E-state index is 0.0355. The number of aromatic nitrogens is 1. The molecule has 1 fully saturated rings. The van der Waals surface area contributed by atoms with Crippen molar-refractivity contribution in [2.75, 3.05) is 36.7 Å². The van der Waals surface area contributed by atoms with Gasteiger partial charge in [0.1, 0.15) is 0 Å². The highest BCUT2D eigenvalue weighted by molar-refractivity contribution is 8.00. The minimum atomic E-state index is 0.0355. The lowest BCUT2D eigenvalue weighted by atomic mass is 10.1. The monoisotopic (exact) mass is 400 g/mol. The fraction of sp³-hybridized carbons (Fsp3) is 0.381. The van der Waals surface area contributed by atoms with Crippen LogP contribution in [0.1, 0.15) is 29.4 Å². The van der Waals surface area contributed by atoms with Gasteiger partial charge in [-0.05, 0) is 49.7 Å². The highest BCUT2D eigenvalue weighted by atomic mass is 32.2. The topological polar surface area (TPSA) is 65.5 Å². The van der Waals surface area contributed by atoms with Crippen molar-refractivity contribution in [3.8, 4) is 0 Å². The smallest absolute Gasteiger partial charge is 0.253 e. The molecule has 2 heterocycles. The summed E-state index contributed by atoms with van der Waals surface area (Å²) in [4.78, 5) is 30.5. The molecule has 6 nitrogen and oxygen atoms in total. The molecule has 2 aromatic rings. The standard InChI is InChI=1S/C15H21N3O2S.C6H7N/c1-2-11-21-16-14-5-3-13(4-6-14)15(20)18-9-7-17(12-19)8-10-18;1-6-4-2-3-5-7-6/h3-6,12,16H,2,7-11H2,1H3;2-5H,1H3. The zero-order valence-electron chi connectivity index (χ0n) is 16.5. The summed E-state index contributed by atoms with van der Waals surface area (Å²) in [6, 6.07) is 13.4. The molecule has 2 amide bonds. The first-order chi connectivity index (χ1) is 13.6. The van der Waals surface area contributed by atoms with Crippen molar-refractivity contribution < 1.29 is 9.59 Å². The van der Waals surface area contributed by atoms with Gasteiger partial charge in [0.05, 0.1) is 0 Å². The maximum Gasteiger partial charge on any atom is 0.253 e. The van der Waals surface area contributed by atoms with E-state index in [1.807, 2.05) is 49.4 Å². The molecule has 1 aliphatic rings. The van der Waals surface area contributed by atoms with E-state index in [2.05, 4.69) is 16.6 Å². The van der Waals surface area contributed by atoms with Crippen LogP contribution in [0.4, 0.5) is 5.69 Å². The number of hydrogen-bond acceptors (Lipinski definition) is 5. The van der Waals surface area contributed by atoms with E-state index < -0.39 is 0 Å². The lowest BCUT2D eigenvalue weighted by molar-refractivity contribution is -0.119. The Hall–Kier alpha value is -2.54. The Labute approximate surface area is 171 Å². The number of aryl methyl sites for hydroxylation is 1. The molecule has 1 aromatic heterocycles. The second kappa shape index (κ2) is 12.0. The average Bonchev–Trinajstić information content (AvgIpc) is 2.75. The number of anilines is 1. The van der Waals surface area contributed by atoms with Gasteiger partial charge in [0, 0.05) is 55.1 Å².